The maximum absolute atomic E-state index is 13.5. The van der Waals surface area contributed by atoms with E-state index in [0.717, 1.165) is 16.8 Å². The van der Waals surface area contributed by atoms with Gasteiger partial charge in [-0.05, 0) is 49.7 Å². The summed E-state index contributed by atoms with van der Waals surface area (Å²) in [6.07, 6.45) is 0.670. The summed E-state index contributed by atoms with van der Waals surface area (Å²) >= 11 is 0. The van der Waals surface area contributed by atoms with Gasteiger partial charge in [0, 0.05) is 23.4 Å². The smallest absolute Gasteiger partial charge is 0.229 e. The van der Waals surface area contributed by atoms with Crippen LogP contribution in [0.15, 0.2) is 72.8 Å². The summed E-state index contributed by atoms with van der Waals surface area (Å²) < 4.78 is 5.61. The maximum Gasteiger partial charge on any atom is 0.229 e. The quantitative estimate of drug-likeness (QED) is 0.607. The molecule has 6 heteroatoms. The van der Waals surface area contributed by atoms with Crippen LogP contribution in [0.4, 0.5) is 11.4 Å². The molecule has 1 heterocycles. The molecule has 4 rings (SSSR count). The minimum absolute atomic E-state index is 0.0368. The lowest BCUT2D eigenvalue weighted by atomic mass is 9.82. The predicted octanol–water partition coefficient (Wildman–Crippen LogP) is 5.00. The number of piperidine rings is 1. The van der Waals surface area contributed by atoms with Gasteiger partial charge in [0.05, 0.1) is 30.7 Å². The Labute approximate surface area is 193 Å². The van der Waals surface area contributed by atoms with E-state index in [-0.39, 0.29) is 18.2 Å². The molecule has 0 radical (unpaired) electrons. The van der Waals surface area contributed by atoms with Crippen molar-refractivity contribution in [2.24, 2.45) is 5.92 Å². The molecule has 1 saturated heterocycles. The number of amides is 2. The zero-order chi connectivity index (χ0) is 23.4. The van der Waals surface area contributed by atoms with Crippen LogP contribution in [0.25, 0.3) is 0 Å². The van der Waals surface area contributed by atoms with Gasteiger partial charge in [-0.2, -0.15) is 5.26 Å². The lowest BCUT2D eigenvalue weighted by Crippen LogP contribution is -2.47. The number of hydrogen-bond acceptors (Lipinski definition) is 4. The van der Waals surface area contributed by atoms with Crippen molar-refractivity contribution >= 4 is 23.2 Å². The summed E-state index contributed by atoms with van der Waals surface area (Å²) in [5, 5.41) is 12.1. The summed E-state index contributed by atoms with van der Waals surface area (Å²) in [7, 11) is 1.59. The van der Waals surface area contributed by atoms with Crippen LogP contribution >= 0.6 is 0 Å². The van der Waals surface area contributed by atoms with Gasteiger partial charge in [0.2, 0.25) is 11.8 Å². The van der Waals surface area contributed by atoms with E-state index in [1.165, 1.54) is 0 Å². The van der Waals surface area contributed by atoms with Gasteiger partial charge in [0.15, 0.2) is 0 Å². The van der Waals surface area contributed by atoms with Crippen LogP contribution in [0.3, 0.4) is 0 Å². The van der Waals surface area contributed by atoms with E-state index in [9.17, 15) is 14.9 Å². The molecule has 6 nitrogen and oxygen atoms in total. The molecule has 0 aliphatic carbocycles. The Hall–Kier alpha value is -4.11. The number of anilines is 2. The number of benzene rings is 3. The van der Waals surface area contributed by atoms with E-state index in [4.69, 9.17) is 4.74 Å². The summed E-state index contributed by atoms with van der Waals surface area (Å²) in [6.45, 7) is 1.99. The van der Waals surface area contributed by atoms with Crippen LogP contribution in [0.5, 0.6) is 5.75 Å². The molecule has 0 saturated carbocycles. The Morgan fingerprint density at radius 2 is 1.85 bits per heavy atom. The van der Waals surface area contributed by atoms with Crippen molar-refractivity contribution in [3.8, 4) is 11.8 Å². The Balaban J connectivity index is 1.77. The molecule has 0 spiro atoms. The molecule has 2 amide bonds. The van der Waals surface area contributed by atoms with Gasteiger partial charge in [-0.3, -0.25) is 9.59 Å². The van der Waals surface area contributed by atoms with Crippen molar-refractivity contribution in [3.63, 3.8) is 0 Å². The first kappa shape index (κ1) is 22.1. The number of aryl methyl sites for hydroxylation is 1. The fraction of sp³-hybridized carbons (Fsp3) is 0.222. The largest absolute Gasteiger partial charge is 0.496 e. The average Bonchev–Trinajstić information content (AvgIpc) is 2.84. The fourth-order valence-corrected chi connectivity index (χ4v) is 4.34. The number of carbonyl (C=O) groups is 2. The third-order valence-corrected chi connectivity index (χ3v) is 5.96. The SMILES string of the molecule is COc1ccccc1C1C(C(=O)Nc2cccc(C#N)c2)CCC(=O)N1c1ccc(C)cc1. The number of nitrogens with one attached hydrogen (secondary N) is 1. The van der Waals surface area contributed by atoms with Gasteiger partial charge in [-0.1, -0.05) is 42.0 Å². The predicted molar refractivity (Wildman–Crippen MR) is 127 cm³/mol. The highest BCUT2D eigenvalue weighted by Gasteiger charge is 2.42. The van der Waals surface area contributed by atoms with Crippen molar-refractivity contribution in [2.45, 2.75) is 25.8 Å². The Bertz CT molecular complexity index is 1210. The second-order valence-electron chi connectivity index (χ2n) is 8.11. The van der Waals surface area contributed by atoms with Crippen molar-refractivity contribution in [1.82, 2.24) is 0 Å². The van der Waals surface area contributed by atoms with E-state index < -0.39 is 12.0 Å². The summed E-state index contributed by atoms with van der Waals surface area (Å²) in [5.74, 6) is -0.125. The average molecular weight is 440 g/mol. The minimum atomic E-state index is -0.538. The van der Waals surface area contributed by atoms with Crippen LogP contribution in [0, 0.1) is 24.2 Å². The molecule has 1 aliphatic heterocycles. The summed E-state index contributed by atoms with van der Waals surface area (Å²) in [4.78, 5) is 28.4. The lowest BCUT2D eigenvalue weighted by Gasteiger charge is -2.41. The van der Waals surface area contributed by atoms with E-state index >= 15 is 0 Å². The summed E-state index contributed by atoms with van der Waals surface area (Å²) in [5.41, 5.74) is 3.62. The Morgan fingerprint density at radius 1 is 1.09 bits per heavy atom. The fourth-order valence-electron chi connectivity index (χ4n) is 4.34. The van der Waals surface area contributed by atoms with Gasteiger partial charge >= 0.3 is 0 Å². The van der Waals surface area contributed by atoms with Crippen molar-refractivity contribution in [1.29, 1.82) is 5.26 Å². The van der Waals surface area contributed by atoms with E-state index in [1.807, 2.05) is 55.5 Å². The monoisotopic (exact) mass is 439 g/mol. The second kappa shape index (κ2) is 9.58. The molecule has 33 heavy (non-hydrogen) atoms. The highest BCUT2D eigenvalue weighted by Crippen LogP contribution is 2.43. The normalized spacial score (nSPS) is 17.8. The van der Waals surface area contributed by atoms with Crippen LogP contribution < -0.4 is 15.0 Å². The third-order valence-electron chi connectivity index (χ3n) is 5.96. The first-order valence-corrected chi connectivity index (χ1v) is 10.8. The highest BCUT2D eigenvalue weighted by atomic mass is 16.5. The number of hydrogen-bond donors (Lipinski definition) is 1. The molecule has 0 bridgehead atoms. The maximum atomic E-state index is 13.5. The second-order valence-corrected chi connectivity index (χ2v) is 8.11. The van der Waals surface area contributed by atoms with Crippen LogP contribution in [-0.2, 0) is 9.59 Å². The molecular weight excluding hydrogens is 414 g/mol. The first-order chi connectivity index (χ1) is 16.0. The topological polar surface area (TPSA) is 82.4 Å². The van der Waals surface area contributed by atoms with Crippen LogP contribution in [-0.4, -0.2) is 18.9 Å². The Kier molecular flexibility index (Phi) is 6.41. The number of nitrogens with zero attached hydrogens (tertiary/aromatic N) is 2. The van der Waals surface area contributed by atoms with Gasteiger partial charge in [0.25, 0.3) is 0 Å². The van der Waals surface area contributed by atoms with Crippen LogP contribution in [0.1, 0.15) is 35.6 Å². The molecule has 2 unspecified atom stereocenters. The van der Waals surface area contributed by atoms with E-state index in [0.29, 0.717) is 23.4 Å². The number of carbonyl (C=O) groups excluding carboxylic acids is 2. The standard InChI is InChI=1S/C27H25N3O3/c1-18-10-12-21(13-11-18)30-25(31)15-14-23(26(30)22-8-3-4-9-24(22)33-2)27(32)29-20-7-5-6-19(16-20)17-28/h3-13,16,23,26H,14-15H2,1-2H3,(H,29,32). The number of methoxy groups -OCH3 is 1. The third kappa shape index (κ3) is 4.58. The molecular formula is C27H25N3O3. The number of rotatable bonds is 5. The van der Waals surface area contributed by atoms with Gasteiger partial charge in [0.1, 0.15) is 5.75 Å². The van der Waals surface area contributed by atoms with Crippen molar-refractivity contribution < 1.29 is 14.3 Å². The molecule has 1 aliphatic rings. The lowest BCUT2D eigenvalue weighted by molar-refractivity contribution is -0.125. The number of nitriles is 1. The zero-order valence-corrected chi connectivity index (χ0v) is 18.6. The highest BCUT2D eigenvalue weighted by molar-refractivity contribution is 6.00. The molecule has 3 aromatic rings. The minimum Gasteiger partial charge on any atom is -0.496 e. The van der Waals surface area contributed by atoms with Crippen LogP contribution in [0.2, 0.25) is 0 Å². The number of ether oxygens (including phenoxy) is 1. The number of para-hydroxylation sites is 1. The van der Waals surface area contributed by atoms with Gasteiger partial charge in [-0.15, -0.1) is 0 Å². The van der Waals surface area contributed by atoms with Gasteiger partial charge < -0.3 is 15.0 Å². The van der Waals surface area contributed by atoms with E-state index in [2.05, 4.69) is 11.4 Å². The van der Waals surface area contributed by atoms with Gasteiger partial charge in [-0.25, -0.2) is 0 Å². The molecule has 1 N–H and O–H groups in total. The van der Waals surface area contributed by atoms with Crippen molar-refractivity contribution in [3.05, 3.63) is 89.5 Å². The van der Waals surface area contributed by atoms with E-state index in [1.54, 1.807) is 36.3 Å². The Morgan fingerprint density at radius 3 is 2.58 bits per heavy atom. The first-order valence-electron chi connectivity index (χ1n) is 10.8. The molecule has 166 valence electrons. The summed E-state index contributed by atoms with van der Waals surface area (Å²) in [6, 6.07) is 23.6. The molecule has 3 aromatic carbocycles. The zero-order valence-electron chi connectivity index (χ0n) is 18.6. The molecule has 2 atom stereocenters. The molecule has 1 fully saturated rings. The molecule has 0 aromatic heterocycles. The van der Waals surface area contributed by atoms with Crippen molar-refractivity contribution in [2.75, 3.05) is 17.3 Å².